The third-order valence-electron chi connectivity index (χ3n) is 2.58. The van der Waals surface area contributed by atoms with Crippen molar-refractivity contribution in [3.63, 3.8) is 0 Å². The molecule has 1 aromatic rings. The number of pyridine rings is 1. The maximum Gasteiger partial charge on any atom is 0.0959 e. The molecule has 0 spiro atoms. The molecule has 0 fully saturated rings. The molecular formula is C13H21NO. The zero-order chi connectivity index (χ0) is 11.1. The summed E-state index contributed by atoms with van der Waals surface area (Å²) >= 11 is 0. The van der Waals surface area contributed by atoms with Crippen LogP contribution in [-0.4, -0.2) is 10.1 Å². The van der Waals surface area contributed by atoms with Gasteiger partial charge in [0.25, 0.3) is 0 Å². The molecule has 0 saturated heterocycles. The molecule has 0 aliphatic carbocycles. The molecule has 1 rings (SSSR count). The van der Waals surface area contributed by atoms with Crippen LogP contribution in [0.25, 0.3) is 0 Å². The van der Waals surface area contributed by atoms with E-state index in [-0.39, 0.29) is 6.10 Å². The van der Waals surface area contributed by atoms with Crippen LogP contribution >= 0.6 is 0 Å². The van der Waals surface area contributed by atoms with Gasteiger partial charge in [-0.2, -0.15) is 0 Å². The molecule has 84 valence electrons. The summed E-state index contributed by atoms with van der Waals surface area (Å²) in [4.78, 5) is 4.32. The molecule has 0 amide bonds. The van der Waals surface area contributed by atoms with Crippen LogP contribution in [0.1, 0.15) is 56.5 Å². The van der Waals surface area contributed by atoms with Gasteiger partial charge in [-0.1, -0.05) is 38.7 Å². The summed E-state index contributed by atoms with van der Waals surface area (Å²) in [6, 6.07) is 5.80. The number of nitrogens with zero attached hydrogens (tertiary/aromatic N) is 1. The predicted octanol–water partition coefficient (Wildman–Crippen LogP) is 3.39. The summed E-state index contributed by atoms with van der Waals surface area (Å²) in [7, 11) is 0. The van der Waals surface area contributed by atoms with Crippen molar-refractivity contribution in [2.24, 2.45) is 0 Å². The second-order valence-electron chi connectivity index (χ2n) is 4.07. The van der Waals surface area contributed by atoms with Crippen LogP contribution in [0.3, 0.4) is 0 Å². The number of hydrogen-bond donors (Lipinski definition) is 1. The number of aromatic nitrogens is 1. The Labute approximate surface area is 92.4 Å². The molecule has 2 heteroatoms. The van der Waals surface area contributed by atoms with E-state index < -0.39 is 0 Å². The Kier molecular flexibility index (Phi) is 5.33. The molecule has 1 N–H and O–H groups in total. The smallest absolute Gasteiger partial charge is 0.0959 e. The van der Waals surface area contributed by atoms with Gasteiger partial charge in [0.15, 0.2) is 0 Å². The van der Waals surface area contributed by atoms with Gasteiger partial charge in [0.2, 0.25) is 0 Å². The molecule has 0 radical (unpaired) electrons. The van der Waals surface area contributed by atoms with Crippen LogP contribution in [-0.2, 0) is 0 Å². The maximum atomic E-state index is 9.88. The summed E-state index contributed by atoms with van der Waals surface area (Å²) in [5, 5.41) is 9.88. The van der Waals surface area contributed by atoms with Crippen molar-refractivity contribution < 1.29 is 5.11 Å². The lowest BCUT2D eigenvalue weighted by Crippen LogP contribution is -2.01. The molecule has 0 aromatic carbocycles. The first-order chi connectivity index (χ1) is 7.24. The minimum atomic E-state index is -0.387. The maximum absolute atomic E-state index is 9.88. The van der Waals surface area contributed by atoms with Crippen molar-refractivity contribution >= 4 is 0 Å². The molecule has 0 saturated carbocycles. The number of unbranched alkanes of at least 4 members (excludes halogenated alkanes) is 3. The van der Waals surface area contributed by atoms with Crippen LogP contribution in [0.4, 0.5) is 0 Å². The number of aryl methyl sites for hydroxylation is 1. The first-order valence-corrected chi connectivity index (χ1v) is 5.85. The Morgan fingerprint density at radius 2 is 2.07 bits per heavy atom. The predicted molar refractivity (Wildman–Crippen MR) is 62.7 cm³/mol. The van der Waals surface area contributed by atoms with E-state index in [2.05, 4.69) is 11.9 Å². The number of rotatable bonds is 6. The zero-order valence-corrected chi connectivity index (χ0v) is 9.74. The quantitative estimate of drug-likeness (QED) is 0.725. The Morgan fingerprint density at radius 3 is 2.73 bits per heavy atom. The highest BCUT2D eigenvalue weighted by Gasteiger charge is 2.07. The lowest BCUT2D eigenvalue weighted by molar-refractivity contribution is 0.158. The van der Waals surface area contributed by atoms with E-state index in [1.807, 2.05) is 25.1 Å². The molecule has 0 aliphatic rings. The molecule has 15 heavy (non-hydrogen) atoms. The minimum Gasteiger partial charge on any atom is -0.387 e. The Bertz CT molecular complexity index is 286. The van der Waals surface area contributed by atoms with Crippen molar-refractivity contribution in [2.45, 2.75) is 52.1 Å². The lowest BCUT2D eigenvalue weighted by Gasteiger charge is -2.10. The number of aliphatic hydroxyl groups excluding tert-OH is 1. The highest BCUT2D eigenvalue weighted by atomic mass is 16.3. The third kappa shape index (κ3) is 4.43. The van der Waals surface area contributed by atoms with E-state index in [1.54, 1.807) is 0 Å². The van der Waals surface area contributed by atoms with E-state index in [0.29, 0.717) is 0 Å². The van der Waals surface area contributed by atoms with Crippen molar-refractivity contribution in [2.75, 3.05) is 0 Å². The normalized spacial score (nSPS) is 12.7. The largest absolute Gasteiger partial charge is 0.387 e. The molecular weight excluding hydrogens is 186 g/mol. The van der Waals surface area contributed by atoms with E-state index in [9.17, 15) is 5.11 Å². The Morgan fingerprint density at radius 1 is 1.27 bits per heavy atom. The molecule has 1 atom stereocenters. The average molecular weight is 207 g/mol. The topological polar surface area (TPSA) is 33.1 Å². The van der Waals surface area contributed by atoms with Gasteiger partial charge in [-0.15, -0.1) is 0 Å². The fraction of sp³-hybridized carbons (Fsp3) is 0.615. The Balaban J connectivity index is 2.36. The van der Waals surface area contributed by atoms with Crippen molar-refractivity contribution in [3.05, 3.63) is 29.6 Å². The standard InChI is InChI=1S/C13H21NO/c1-3-4-5-6-10-13(15)12-9-7-8-11(2)14-12/h7-9,13,15H,3-6,10H2,1-2H3. The molecule has 0 bridgehead atoms. The number of aliphatic hydroxyl groups is 1. The van der Waals surface area contributed by atoms with Crippen molar-refractivity contribution in [1.29, 1.82) is 0 Å². The summed E-state index contributed by atoms with van der Waals surface area (Å²) in [6.07, 6.45) is 5.23. The van der Waals surface area contributed by atoms with Gasteiger partial charge in [0.05, 0.1) is 11.8 Å². The average Bonchev–Trinajstić information content (AvgIpc) is 2.24. The fourth-order valence-corrected chi connectivity index (χ4v) is 1.66. The van der Waals surface area contributed by atoms with Gasteiger partial charge >= 0.3 is 0 Å². The van der Waals surface area contributed by atoms with E-state index >= 15 is 0 Å². The lowest BCUT2D eigenvalue weighted by atomic mass is 10.1. The summed E-state index contributed by atoms with van der Waals surface area (Å²) in [6.45, 7) is 4.14. The highest BCUT2D eigenvalue weighted by Crippen LogP contribution is 2.18. The second kappa shape index (κ2) is 6.57. The van der Waals surface area contributed by atoms with Gasteiger partial charge in [0, 0.05) is 5.69 Å². The third-order valence-corrected chi connectivity index (χ3v) is 2.58. The molecule has 1 unspecified atom stereocenters. The SMILES string of the molecule is CCCCCCC(O)c1cccc(C)n1. The van der Waals surface area contributed by atoms with Crippen molar-refractivity contribution in [3.8, 4) is 0 Å². The van der Waals surface area contributed by atoms with Crippen LogP contribution in [0.5, 0.6) is 0 Å². The molecule has 1 heterocycles. The summed E-state index contributed by atoms with van der Waals surface area (Å²) in [5.41, 5.74) is 1.78. The second-order valence-corrected chi connectivity index (χ2v) is 4.07. The van der Waals surface area contributed by atoms with E-state index in [4.69, 9.17) is 0 Å². The van der Waals surface area contributed by atoms with Gasteiger partial charge in [-0.3, -0.25) is 4.98 Å². The van der Waals surface area contributed by atoms with Crippen LogP contribution < -0.4 is 0 Å². The van der Waals surface area contributed by atoms with Gasteiger partial charge < -0.3 is 5.11 Å². The van der Waals surface area contributed by atoms with E-state index in [0.717, 1.165) is 24.2 Å². The first kappa shape index (κ1) is 12.2. The fourth-order valence-electron chi connectivity index (χ4n) is 1.66. The number of hydrogen-bond acceptors (Lipinski definition) is 2. The van der Waals surface area contributed by atoms with Crippen LogP contribution in [0.2, 0.25) is 0 Å². The Hall–Kier alpha value is -0.890. The highest BCUT2D eigenvalue weighted by molar-refractivity contribution is 5.11. The molecule has 1 aromatic heterocycles. The van der Waals surface area contributed by atoms with Gasteiger partial charge in [-0.25, -0.2) is 0 Å². The summed E-state index contributed by atoms with van der Waals surface area (Å²) < 4.78 is 0. The monoisotopic (exact) mass is 207 g/mol. The van der Waals surface area contributed by atoms with E-state index in [1.165, 1.54) is 19.3 Å². The first-order valence-electron chi connectivity index (χ1n) is 5.85. The van der Waals surface area contributed by atoms with Crippen molar-refractivity contribution in [1.82, 2.24) is 4.98 Å². The van der Waals surface area contributed by atoms with Gasteiger partial charge in [0.1, 0.15) is 0 Å². The van der Waals surface area contributed by atoms with Crippen LogP contribution in [0, 0.1) is 6.92 Å². The minimum absolute atomic E-state index is 0.387. The molecule has 0 aliphatic heterocycles. The molecule has 2 nitrogen and oxygen atoms in total. The zero-order valence-electron chi connectivity index (χ0n) is 9.74. The summed E-state index contributed by atoms with van der Waals surface area (Å²) in [5.74, 6) is 0. The van der Waals surface area contributed by atoms with Crippen LogP contribution in [0.15, 0.2) is 18.2 Å². The van der Waals surface area contributed by atoms with Gasteiger partial charge in [-0.05, 0) is 25.5 Å².